The van der Waals surface area contributed by atoms with E-state index in [4.69, 9.17) is 0 Å². The third-order valence-electron chi connectivity index (χ3n) is 2.92. The quantitative estimate of drug-likeness (QED) is 0.369. The van der Waals surface area contributed by atoms with Crippen molar-refractivity contribution in [1.29, 1.82) is 0 Å². The standard InChI is InChI=1S/C15H17BrFN3S.HI/c1-18-15(20-9-13-8-12(16)10-21-13)19-7-6-11-4-2-3-5-14(11)17;/h2-5,8,10H,6-7,9H2,1H3,(H2,18,19,20);1H. The maximum atomic E-state index is 13.5. The van der Waals surface area contributed by atoms with Crippen LogP contribution in [-0.4, -0.2) is 19.6 Å². The number of hydrogen-bond donors (Lipinski definition) is 2. The van der Waals surface area contributed by atoms with Crippen molar-refractivity contribution in [3.05, 3.63) is 56.4 Å². The van der Waals surface area contributed by atoms with Crippen LogP contribution >= 0.6 is 51.2 Å². The third-order valence-corrected chi connectivity index (χ3v) is 4.62. The molecule has 0 aliphatic heterocycles. The van der Waals surface area contributed by atoms with Crippen molar-refractivity contribution in [3.8, 4) is 0 Å². The molecule has 1 heterocycles. The van der Waals surface area contributed by atoms with Gasteiger partial charge in [-0.15, -0.1) is 35.3 Å². The van der Waals surface area contributed by atoms with E-state index in [-0.39, 0.29) is 29.8 Å². The molecular weight excluding hydrogens is 480 g/mol. The molecule has 7 heteroatoms. The Balaban J connectivity index is 0.00000242. The minimum Gasteiger partial charge on any atom is -0.356 e. The van der Waals surface area contributed by atoms with Crippen molar-refractivity contribution >= 4 is 57.2 Å². The number of benzene rings is 1. The Morgan fingerprint density at radius 1 is 1.32 bits per heavy atom. The largest absolute Gasteiger partial charge is 0.356 e. The number of nitrogens with zero attached hydrogens (tertiary/aromatic N) is 1. The van der Waals surface area contributed by atoms with Crippen molar-refractivity contribution in [2.45, 2.75) is 13.0 Å². The van der Waals surface area contributed by atoms with E-state index in [1.807, 2.05) is 11.4 Å². The van der Waals surface area contributed by atoms with Gasteiger partial charge < -0.3 is 10.6 Å². The molecule has 0 aliphatic rings. The number of thiophene rings is 1. The van der Waals surface area contributed by atoms with Gasteiger partial charge in [0, 0.05) is 28.3 Å². The summed E-state index contributed by atoms with van der Waals surface area (Å²) in [4.78, 5) is 5.38. The molecule has 0 unspecified atom stereocenters. The van der Waals surface area contributed by atoms with Crippen LogP contribution in [0.25, 0.3) is 0 Å². The predicted octanol–water partition coefficient (Wildman–Crippen LogP) is 4.18. The fourth-order valence-electron chi connectivity index (χ4n) is 1.85. The normalized spacial score (nSPS) is 11.0. The van der Waals surface area contributed by atoms with Crippen LogP contribution in [0, 0.1) is 5.82 Å². The second kappa shape index (κ2) is 10.2. The van der Waals surface area contributed by atoms with Crippen molar-refractivity contribution in [2.24, 2.45) is 4.99 Å². The predicted molar refractivity (Wildman–Crippen MR) is 106 cm³/mol. The minimum atomic E-state index is -0.161. The fraction of sp³-hybridized carbons (Fsp3) is 0.267. The highest BCUT2D eigenvalue weighted by molar-refractivity contribution is 14.0. The lowest BCUT2D eigenvalue weighted by Gasteiger charge is -2.11. The molecular formula is C15H18BrFIN3S. The molecule has 0 atom stereocenters. The Hall–Kier alpha value is -0.670. The second-order valence-corrected chi connectivity index (χ2v) is 6.34. The number of nitrogens with one attached hydrogen (secondary N) is 2. The summed E-state index contributed by atoms with van der Waals surface area (Å²) in [7, 11) is 1.72. The molecule has 2 aromatic rings. The zero-order chi connectivity index (χ0) is 15.1. The van der Waals surface area contributed by atoms with Crippen LogP contribution in [0.1, 0.15) is 10.4 Å². The van der Waals surface area contributed by atoms with E-state index < -0.39 is 0 Å². The number of halogens is 3. The van der Waals surface area contributed by atoms with Gasteiger partial charge in [0.15, 0.2) is 5.96 Å². The molecule has 2 N–H and O–H groups in total. The van der Waals surface area contributed by atoms with Crippen molar-refractivity contribution < 1.29 is 4.39 Å². The van der Waals surface area contributed by atoms with E-state index in [1.165, 1.54) is 10.9 Å². The summed E-state index contributed by atoms with van der Waals surface area (Å²) >= 11 is 5.12. The Kier molecular flexibility index (Phi) is 8.96. The molecule has 0 spiro atoms. The molecule has 0 saturated carbocycles. The number of guanidine groups is 1. The van der Waals surface area contributed by atoms with Gasteiger partial charge in [0.25, 0.3) is 0 Å². The summed E-state index contributed by atoms with van der Waals surface area (Å²) in [6.45, 7) is 1.35. The molecule has 0 radical (unpaired) electrons. The lowest BCUT2D eigenvalue weighted by molar-refractivity contribution is 0.607. The van der Waals surface area contributed by atoms with Gasteiger partial charge in [0.1, 0.15) is 5.82 Å². The first-order valence-corrected chi connectivity index (χ1v) is 8.27. The maximum Gasteiger partial charge on any atom is 0.191 e. The highest BCUT2D eigenvalue weighted by Gasteiger charge is 2.03. The fourth-order valence-corrected chi connectivity index (χ4v) is 3.25. The summed E-state index contributed by atoms with van der Waals surface area (Å²) < 4.78 is 14.6. The topological polar surface area (TPSA) is 36.4 Å². The van der Waals surface area contributed by atoms with E-state index >= 15 is 0 Å². The molecule has 120 valence electrons. The summed E-state index contributed by atoms with van der Waals surface area (Å²) in [6, 6.07) is 8.91. The third kappa shape index (κ3) is 6.21. The van der Waals surface area contributed by atoms with Gasteiger partial charge in [-0.2, -0.15) is 0 Å². The summed E-state index contributed by atoms with van der Waals surface area (Å²) in [5.41, 5.74) is 0.711. The van der Waals surface area contributed by atoms with E-state index in [1.54, 1.807) is 30.5 Å². The van der Waals surface area contributed by atoms with Crippen LogP contribution in [0.4, 0.5) is 4.39 Å². The van der Waals surface area contributed by atoms with Crippen LogP contribution in [0.5, 0.6) is 0 Å². The Morgan fingerprint density at radius 2 is 2.09 bits per heavy atom. The molecule has 0 bridgehead atoms. The van der Waals surface area contributed by atoms with Gasteiger partial charge in [-0.25, -0.2) is 4.39 Å². The van der Waals surface area contributed by atoms with E-state index in [0.29, 0.717) is 18.5 Å². The molecule has 1 aromatic carbocycles. The van der Waals surface area contributed by atoms with Gasteiger partial charge in [0.2, 0.25) is 0 Å². The Morgan fingerprint density at radius 3 is 2.73 bits per heavy atom. The average molecular weight is 498 g/mol. The summed E-state index contributed by atoms with van der Waals surface area (Å²) in [5.74, 6) is 0.557. The van der Waals surface area contributed by atoms with Gasteiger partial charge in [-0.1, -0.05) is 18.2 Å². The molecule has 1 aromatic heterocycles. The molecule has 3 nitrogen and oxygen atoms in total. The van der Waals surface area contributed by atoms with Crippen molar-refractivity contribution in [3.63, 3.8) is 0 Å². The number of hydrogen-bond acceptors (Lipinski definition) is 2. The number of rotatable bonds is 5. The molecule has 0 aliphatic carbocycles. The molecule has 0 amide bonds. The lowest BCUT2D eigenvalue weighted by Crippen LogP contribution is -2.37. The van der Waals surface area contributed by atoms with Crippen LogP contribution in [0.15, 0.2) is 45.2 Å². The zero-order valence-corrected chi connectivity index (χ0v) is 16.8. The van der Waals surface area contributed by atoms with Crippen molar-refractivity contribution in [2.75, 3.05) is 13.6 Å². The van der Waals surface area contributed by atoms with Crippen LogP contribution in [0.3, 0.4) is 0 Å². The first-order chi connectivity index (χ1) is 10.2. The molecule has 2 rings (SSSR count). The summed E-state index contributed by atoms with van der Waals surface area (Å²) in [5, 5.41) is 8.47. The SMILES string of the molecule is CN=C(NCCc1ccccc1F)NCc1cc(Br)cs1.I. The van der Waals surface area contributed by atoms with E-state index in [2.05, 4.69) is 37.6 Å². The van der Waals surface area contributed by atoms with Gasteiger partial charge >= 0.3 is 0 Å². The maximum absolute atomic E-state index is 13.5. The highest BCUT2D eigenvalue weighted by atomic mass is 127. The van der Waals surface area contributed by atoms with Gasteiger partial charge in [0.05, 0.1) is 6.54 Å². The Labute approximate surface area is 159 Å². The van der Waals surface area contributed by atoms with Gasteiger partial charge in [-0.05, 0) is 40.0 Å². The first kappa shape index (κ1) is 19.4. The first-order valence-electron chi connectivity index (χ1n) is 6.60. The highest BCUT2D eigenvalue weighted by Crippen LogP contribution is 2.19. The minimum absolute atomic E-state index is 0. The van der Waals surface area contributed by atoms with Gasteiger partial charge in [-0.3, -0.25) is 4.99 Å². The second-order valence-electron chi connectivity index (χ2n) is 4.43. The van der Waals surface area contributed by atoms with Crippen LogP contribution in [-0.2, 0) is 13.0 Å². The van der Waals surface area contributed by atoms with Crippen LogP contribution < -0.4 is 10.6 Å². The molecule has 0 saturated heterocycles. The monoisotopic (exact) mass is 497 g/mol. The van der Waals surface area contributed by atoms with Crippen LogP contribution in [0.2, 0.25) is 0 Å². The zero-order valence-electron chi connectivity index (χ0n) is 12.1. The van der Waals surface area contributed by atoms with E-state index in [0.717, 1.165) is 17.0 Å². The molecule has 0 fully saturated rings. The average Bonchev–Trinajstić information content (AvgIpc) is 2.90. The Bertz CT molecular complexity index is 618. The smallest absolute Gasteiger partial charge is 0.191 e. The van der Waals surface area contributed by atoms with Crippen molar-refractivity contribution in [1.82, 2.24) is 10.6 Å². The molecule has 22 heavy (non-hydrogen) atoms. The lowest BCUT2D eigenvalue weighted by atomic mass is 10.1. The number of aliphatic imine (C=N–C) groups is 1. The summed E-state index contributed by atoms with van der Waals surface area (Å²) in [6.07, 6.45) is 0.623. The van der Waals surface area contributed by atoms with E-state index in [9.17, 15) is 4.39 Å².